The Hall–Kier alpha value is -3.15. The standard InChI is InChI=1S/C20H21N3O3/c1-26-15-11-9-14(10-12-15)13-21-19(24)8-4-7-18-22-17-6-3-2-5-16(17)20(25)23-18/h2-3,5-6,9-12H,4,7-8,13H2,1H3,(H,21,24)(H,22,23,25). The van der Waals surface area contributed by atoms with Crippen molar-refractivity contribution in [3.05, 3.63) is 70.3 Å². The van der Waals surface area contributed by atoms with Gasteiger partial charge in [-0.05, 0) is 36.2 Å². The van der Waals surface area contributed by atoms with Gasteiger partial charge in [0.05, 0.1) is 18.0 Å². The summed E-state index contributed by atoms with van der Waals surface area (Å²) in [6.07, 6.45) is 1.55. The van der Waals surface area contributed by atoms with Crippen LogP contribution >= 0.6 is 0 Å². The summed E-state index contributed by atoms with van der Waals surface area (Å²) in [5.74, 6) is 1.37. The summed E-state index contributed by atoms with van der Waals surface area (Å²) in [6, 6.07) is 14.8. The van der Waals surface area contributed by atoms with Gasteiger partial charge in [-0.2, -0.15) is 0 Å². The van der Waals surface area contributed by atoms with Gasteiger partial charge < -0.3 is 15.0 Å². The third-order valence-electron chi connectivity index (χ3n) is 4.13. The van der Waals surface area contributed by atoms with Gasteiger partial charge in [-0.3, -0.25) is 9.59 Å². The van der Waals surface area contributed by atoms with E-state index in [9.17, 15) is 9.59 Å². The van der Waals surface area contributed by atoms with Crippen molar-refractivity contribution < 1.29 is 9.53 Å². The van der Waals surface area contributed by atoms with E-state index in [0.717, 1.165) is 11.3 Å². The summed E-state index contributed by atoms with van der Waals surface area (Å²) in [5, 5.41) is 3.47. The molecule has 6 heteroatoms. The number of aromatic nitrogens is 2. The molecule has 1 amide bonds. The molecule has 0 atom stereocenters. The maximum absolute atomic E-state index is 12.0. The van der Waals surface area contributed by atoms with Crippen LogP contribution in [0.2, 0.25) is 0 Å². The van der Waals surface area contributed by atoms with Crippen LogP contribution in [0.15, 0.2) is 53.3 Å². The van der Waals surface area contributed by atoms with Crippen LogP contribution in [0.5, 0.6) is 5.75 Å². The average Bonchev–Trinajstić information content (AvgIpc) is 2.67. The van der Waals surface area contributed by atoms with Crippen molar-refractivity contribution in [1.29, 1.82) is 0 Å². The summed E-state index contributed by atoms with van der Waals surface area (Å²) >= 11 is 0. The molecule has 0 unspecified atom stereocenters. The number of rotatable bonds is 7. The van der Waals surface area contributed by atoms with Crippen molar-refractivity contribution in [2.24, 2.45) is 0 Å². The molecular weight excluding hydrogens is 330 g/mol. The highest BCUT2D eigenvalue weighted by molar-refractivity contribution is 5.77. The summed E-state index contributed by atoms with van der Waals surface area (Å²) in [5.41, 5.74) is 1.55. The van der Waals surface area contributed by atoms with E-state index in [2.05, 4.69) is 15.3 Å². The van der Waals surface area contributed by atoms with Crippen molar-refractivity contribution in [2.45, 2.75) is 25.8 Å². The van der Waals surface area contributed by atoms with Gasteiger partial charge in [0.25, 0.3) is 5.56 Å². The van der Waals surface area contributed by atoms with E-state index < -0.39 is 0 Å². The van der Waals surface area contributed by atoms with Gasteiger partial charge in [0.15, 0.2) is 0 Å². The van der Waals surface area contributed by atoms with Crippen molar-refractivity contribution >= 4 is 16.8 Å². The lowest BCUT2D eigenvalue weighted by atomic mass is 10.2. The number of hydrogen-bond acceptors (Lipinski definition) is 4. The fourth-order valence-electron chi connectivity index (χ4n) is 2.70. The summed E-state index contributed by atoms with van der Waals surface area (Å²) < 4.78 is 5.11. The van der Waals surface area contributed by atoms with E-state index in [1.54, 1.807) is 13.2 Å². The molecule has 2 aromatic carbocycles. The van der Waals surface area contributed by atoms with Crippen molar-refractivity contribution in [3.63, 3.8) is 0 Å². The number of fused-ring (bicyclic) bond motifs is 1. The molecule has 3 aromatic rings. The van der Waals surface area contributed by atoms with Crippen LogP contribution in [-0.4, -0.2) is 23.0 Å². The zero-order valence-corrected chi connectivity index (χ0v) is 14.6. The first-order chi connectivity index (χ1) is 12.7. The summed E-state index contributed by atoms with van der Waals surface area (Å²) in [6.45, 7) is 0.480. The lowest BCUT2D eigenvalue weighted by Gasteiger charge is -2.07. The third-order valence-corrected chi connectivity index (χ3v) is 4.13. The molecule has 0 spiro atoms. The number of carbonyl (C=O) groups excluding carboxylic acids is 1. The maximum atomic E-state index is 12.0. The second-order valence-electron chi connectivity index (χ2n) is 6.01. The number of para-hydroxylation sites is 1. The van der Waals surface area contributed by atoms with Crippen molar-refractivity contribution in [2.75, 3.05) is 7.11 Å². The number of aromatic amines is 1. The number of aryl methyl sites for hydroxylation is 1. The molecule has 0 aliphatic carbocycles. The van der Waals surface area contributed by atoms with Gasteiger partial charge in [0.1, 0.15) is 11.6 Å². The lowest BCUT2D eigenvalue weighted by Crippen LogP contribution is -2.22. The van der Waals surface area contributed by atoms with Crippen LogP contribution in [-0.2, 0) is 17.8 Å². The first-order valence-corrected chi connectivity index (χ1v) is 8.53. The lowest BCUT2D eigenvalue weighted by molar-refractivity contribution is -0.121. The maximum Gasteiger partial charge on any atom is 0.258 e. The molecule has 0 radical (unpaired) electrons. The Morgan fingerprint density at radius 3 is 2.69 bits per heavy atom. The van der Waals surface area contributed by atoms with Crippen LogP contribution in [0, 0.1) is 0 Å². The average molecular weight is 351 g/mol. The van der Waals surface area contributed by atoms with Crippen LogP contribution in [0.25, 0.3) is 10.9 Å². The number of H-pyrrole nitrogens is 1. The zero-order chi connectivity index (χ0) is 18.4. The molecule has 1 aromatic heterocycles. The summed E-state index contributed by atoms with van der Waals surface area (Å²) in [7, 11) is 1.62. The molecule has 0 saturated heterocycles. The summed E-state index contributed by atoms with van der Waals surface area (Å²) in [4.78, 5) is 31.2. The fraction of sp³-hybridized carbons (Fsp3) is 0.250. The van der Waals surface area contributed by atoms with E-state index in [4.69, 9.17) is 4.74 Å². The van der Waals surface area contributed by atoms with E-state index >= 15 is 0 Å². The van der Waals surface area contributed by atoms with E-state index in [1.807, 2.05) is 42.5 Å². The second-order valence-corrected chi connectivity index (χ2v) is 6.01. The number of benzene rings is 2. The molecule has 3 rings (SSSR count). The molecule has 0 fully saturated rings. The number of hydrogen-bond donors (Lipinski definition) is 2. The number of amides is 1. The Morgan fingerprint density at radius 2 is 1.92 bits per heavy atom. The van der Waals surface area contributed by atoms with E-state index in [-0.39, 0.29) is 11.5 Å². The Kier molecular flexibility index (Phi) is 5.63. The topological polar surface area (TPSA) is 84.1 Å². The van der Waals surface area contributed by atoms with Gasteiger partial charge in [0.2, 0.25) is 5.91 Å². The first-order valence-electron chi connectivity index (χ1n) is 8.53. The Bertz CT molecular complexity index is 948. The smallest absolute Gasteiger partial charge is 0.258 e. The molecule has 0 bridgehead atoms. The van der Waals surface area contributed by atoms with E-state index in [0.29, 0.717) is 42.5 Å². The molecule has 1 heterocycles. The minimum Gasteiger partial charge on any atom is -0.497 e. The van der Waals surface area contributed by atoms with Crippen molar-refractivity contribution in [3.8, 4) is 5.75 Å². The quantitative estimate of drug-likeness (QED) is 0.685. The Morgan fingerprint density at radius 1 is 1.15 bits per heavy atom. The zero-order valence-electron chi connectivity index (χ0n) is 14.6. The van der Waals surface area contributed by atoms with Gasteiger partial charge in [-0.25, -0.2) is 4.98 Å². The molecule has 2 N–H and O–H groups in total. The van der Waals surface area contributed by atoms with Gasteiger partial charge >= 0.3 is 0 Å². The molecule has 134 valence electrons. The third kappa shape index (κ3) is 4.47. The molecule has 0 aliphatic rings. The van der Waals surface area contributed by atoms with Gasteiger partial charge in [-0.15, -0.1) is 0 Å². The van der Waals surface area contributed by atoms with Gasteiger partial charge in [-0.1, -0.05) is 24.3 Å². The molecule has 0 saturated carbocycles. The fourth-order valence-corrected chi connectivity index (χ4v) is 2.70. The monoisotopic (exact) mass is 351 g/mol. The van der Waals surface area contributed by atoms with Gasteiger partial charge in [0, 0.05) is 19.4 Å². The second kappa shape index (κ2) is 8.29. The predicted molar refractivity (Wildman–Crippen MR) is 100 cm³/mol. The van der Waals surface area contributed by atoms with Crippen LogP contribution in [0.1, 0.15) is 24.2 Å². The SMILES string of the molecule is COc1ccc(CNC(=O)CCCc2nc3ccccc3c(=O)[nH]2)cc1. The molecular formula is C20H21N3O3. The normalized spacial score (nSPS) is 10.7. The number of nitrogens with one attached hydrogen (secondary N) is 2. The minimum atomic E-state index is -0.144. The van der Waals surface area contributed by atoms with Crippen LogP contribution in [0.4, 0.5) is 0 Å². The highest BCUT2D eigenvalue weighted by Gasteiger charge is 2.06. The number of ether oxygens (including phenoxy) is 1. The van der Waals surface area contributed by atoms with E-state index in [1.165, 1.54) is 0 Å². The van der Waals surface area contributed by atoms with Crippen LogP contribution < -0.4 is 15.6 Å². The highest BCUT2D eigenvalue weighted by Crippen LogP contribution is 2.11. The largest absolute Gasteiger partial charge is 0.497 e. The number of carbonyl (C=O) groups is 1. The minimum absolute atomic E-state index is 0.0241. The predicted octanol–water partition coefficient (Wildman–Crippen LogP) is 2.57. The number of nitrogens with zero attached hydrogens (tertiary/aromatic N) is 1. The molecule has 26 heavy (non-hydrogen) atoms. The first kappa shape index (κ1) is 17.7. The Labute approximate surface area is 151 Å². The highest BCUT2D eigenvalue weighted by atomic mass is 16.5. The number of methoxy groups -OCH3 is 1. The molecule has 6 nitrogen and oxygen atoms in total. The Balaban J connectivity index is 1.48. The van der Waals surface area contributed by atoms with Crippen molar-refractivity contribution in [1.82, 2.24) is 15.3 Å². The molecule has 0 aliphatic heterocycles. The van der Waals surface area contributed by atoms with Crippen LogP contribution in [0.3, 0.4) is 0 Å².